The van der Waals surface area contributed by atoms with E-state index in [-0.39, 0.29) is 35.5 Å². The molecule has 0 unspecified atom stereocenters. The van der Waals surface area contributed by atoms with Crippen molar-refractivity contribution in [2.45, 2.75) is 18.3 Å². The Morgan fingerprint density at radius 3 is 1.45 bits per heavy atom. The van der Waals surface area contributed by atoms with E-state index in [2.05, 4.69) is 36.4 Å². The monoisotopic (exact) mass is 407 g/mol. The lowest BCUT2D eigenvalue weighted by molar-refractivity contribution is -0.139. The van der Waals surface area contributed by atoms with Crippen LogP contribution in [-0.2, 0) is 16.0 Å². The molecule has 0 N–H and O–H groups in total. The summed E-state index contributed by atoms with van der Waals surface area (Å²) in [6.45, 7) is 0.428. The molecule has 31 heavy (non-hydrogen) atoms. The first-order valence-electron chi connectivity index (χ1n) is 10.9. The molecule has 0 saturated carbocycles. The number of hydrogen-bond acceptors (Lipinski definition) is 2. The van der Waals surface area contributed by atoms with Crippen LogP contribution in [0.1, 0.15) is 28.5 Å². The summed E-state index contributed by atoms with van der Waals surface area (Å²) in [5, 5.41) is 0. The van der Waals surface area contributed by atoms with Crippen LogP contribution >= 0.6 is 0 Å². The molecule has 0 spiro atoms. The van der Waals surface area contributed by atoms with Gasteiger partial charge in [0.05, 0.1) is 11.8 Å². The Balaban J connectivity index is 1.50. The maximum atomic E-state index is 13.6. The van der Waals surface area contributed by atoms with Crippen molar-refractivity contribution in [2.75, 3.05) is 6.54 Å². The Kier molecular flexibility index (Phi) is 5.25. The standard InChI is InChI=1S/C28H25NO2/c30-27-25-23(21-12-6-2-7-13-21)16-17-24(22-14-8-3-9-15-22)26(25)28(31)29(27)19-18-20-10-4-1-5-11-20/h1-17,23-26H,18-19H2/t23-,24+,25+,26-. The van der Waals surface area contributed by atoms with Crippen LogP contribution in [0.5, 0.6) is 0 Å². The second kappa shape index (κ2) is 8.35. The maximum Gasteiger partial charge on any atom is 0.234 e. The second-order valence-electron chi connectivity index (χ2n) is 8.37. The number of amides is 2. The van der Waals surface area contributed by atoms with E-state index in [1.807, 2.05) is 66.7 Å². The fourth-order valence-electron chi connectivity index (χ4n) is 5.10. The maximum absolute atomic E-state index is 13.6. The summed E-state index contributed by atoms with van der Waals surface area (Å²) < 4.78 is 0. The highest BCUT2D eigenvalue weighted by Gasteiger charge is 2.54. The normalized spacial score (nSPS) is 25.0. The predicted molar refractivity (Wildman–Crippen MR) is 121 cm³/mol. The van der Waals surface area contributed by atoms with Crippen LogP contribution in [0.3, 0.4) is 0 Å². The number of benzene rings is 3. The number of carbonyl (C=O) groups excluding carboxylic acids is 2. The minimum absolute atomic E-state index is 0.0370. The molecule has 1 aliphatic carbocycles. The Hall–Kier alpha value is -3.46. The van der Waals surface area contributed by atoms with Gasteiger partial charge in [-0.2, -0.15) is 0 Å². The zero-order valence-corrected chi connectivity index (χ0v) is 17.3. The number of likely N-dealkylation sites (tertiary alicyclic amines) is 1. The highest BCUT2D eigenvalue weighted by atomic mass is 16.2. The van der Waals surface area contributed by atoms with Crippen LogP contribution < -0.4 is 0 Å². The van der Waals surface area contributed by atoms with Gasteiger partial charge in [-0.15, -0.1) is 0 Å². The van der Waals surface area contributed by atoms with Gasteiger partial charge in [-0.1, -0.05) is 103 Å². The largest absolute Gasteiger partial charge is 0.282 e. The summed E-state index contributed by atoms with van der Waals surface area (Å²) in [6, 6.07) is 30.2. The highest BCUT2D eigenvalue weighted by molar-refractivity contribution is 6.06. The quantitative estimate of drug-likeness (QED) is 0.442. The van der Waals surface area contributed by atoms with Crippen LogP contribution in [-0.4, -0.2) is 23.3 Å². The molecule has 5 rings (SSSR count). The molecule has 3 nitrogen and oxygen atoms in total. The van der Waals surface area contributed by atoms with Gasteiger partial charge in [0.25, 0.3) is 0 Å². The lowest BCUT2D eigenvalue weighted by atomic mass is 9.68. The number of carbonyl (C=O) groups is 2. The minimum atomic E-state index is -0.360. The van der Waals surface area contributed by atoms with Gasteiger partial charge in [0.2, 0.25) is 11.8 Å². The molecule has 1 saturated heterocycles. The van der Waals surface area contributed by atoms with Gasteiger partial charge in [0.1, 0.15) is 0 Å². The third-order valence-corrected chi connectivity index (χ3v) is 6.62. The SMILES string of the molecule is O=C1[C@@H]2[C@H](C(=O)N1CCc1ccccc1)[C@H](c1ccccc1)C=C[C@@H]2c1ccccc1. The van der Waals surface area contributed by atoms with Crippen LogP contribution in [0.4, 0.5) is 0 Å². The molecule has 2 amide bonds. The molecule has 0 aromatic heterocycles. The average Bonchev–Trinajstić information content (AvgIpc) is 3.09. The zero-order chi connectivity index (χ0) is 21.2. The van der Waals surface area contributed by atoms with E-state index >= 15 is 0 Å². The smallest absolute Gasteiger partial charge is 0.234 e. The summed E-state index contributed by atoms with van der Waals surface area (Å²) in [5.74, 6) is -0.953. The first-order valence-corrected chi connectivity index (χ1v) is 10.9. The Morgan fingerprint density at radius 2 is 1.00 bits per heavy atom. The third kappa shape index (κ3) is 3.61. The summed E-state index contributed by atoms with van der Waals surface area (Å²) in [7, 11) is 0. The van der Waals surface area contributed by atoms with Crippen molar-refractivity contribution in [2.24, 2.45) is 11.8 Å². The van der Waals surface area contributed by atoms with Crippen LogP contribution in [0.2, 0.25) is 0 Å². The van der Waals surface area contributed by atoms with Crippen LogP contribution in [0.15, 0.2) is 103 Å². The summed E-state index contributed by atoms with van der Waals surface area (Å²) in [5.41, 5.74) is 3.31. The molecule has 3 heteroatoms. The van der Waals surface area contributed by atoms with Gasteiger partial charge < -0.3 is 0 Å². The van der Waals surface area contributed by atoms with Gasteiger partial charge in [-0.05, 0) is 23.1 Å². The van der Waals surface area contributed by atoms with Crippen molar-refractivity contribution in [1.82, 2.24) is 4.90 Å². The fraction of sp³-hybridized carbons (Fsp3) is 0.214. The van der Waals surface area contributed by atoms with E-state index in [4.69, 9.17) is 0 Å². The van der Waals surface area contributed by atoms with Crippen LogP contribution in [0.25, 0.3) is 0 Å². The molecule has 2 aliphatic rings. The molecule has 4 atom stereocenters. The predicted octanol–water partition coefficient (Wildman–Crippen LogP) is 4.97. The number of fused-ring (bicyclic) bond motifs is 1. The van der Waals surface area contributed by atoms with E-state index in [9.17, 15) is 9.59 Å². The third-order valence-electron chi connectivity index (χ3n) is 6.62. The number of imide groups is 1. The van der Waals surface area contributed by atoms with Crippen molar-refractivity contribution in [3.63, 3.8) is 0 Å². The Bertz CT molecular complexity index is 1020. The number of nitrogens with zero attached hydrogens (tertiary/aromatic N) is 1. The van der Waals surface area contributed by atoms with E-state index in [1.54, 1.807) is 0 Å². The molecular formula is C28H25NO2. The van der Waals surface area contributed by atoms with Crippen molar-refractivity contribution in [1.29, 1.82) is 0 Å². The molecular weight excluding hydrogens is 382 g/mol. The number of rotatable bonds is 5. The van der Waals surface area contributed by atoms with Crippen molar-refractivity contribution < 1.29 is 9.59 Å². The molecule has 1 fully saturated rings. The average molecular weight is 408 g/mol. The van der Waals surface area contributed by atoms with Gasteiger partial charge in [-0.25, -0.2) is 0 Å². The summed E-state index contributed by atoms with van der Waals surface area (Å²) in [6.07, 6.45) is 4.96. The number of allylic oxidation sites excluding steroid dienone is 2. The topological polar surface area (TPSA) is 37.4 Å². The first-order chi connectivity index (χ1) is 15.2. The minimum Gasteiger partial charge on any atom is -0.282 e. The zero-order valence-electron chi connectivity index (χ0n) is 17.3. The summed E-state index contributed by atoms with van der Waals surface area (Å²) in [4.78, 5) is 28.7. The molecule has 154 valence electrons. The first kappa shape index (κ1) is 19.5. The van der Waals surface area contributed by atoms with Gasteiger partial charge in [-0.3, -0.25) is 14.5 Å². The molecule has 0 bridgehead atoms. The van der Waals surface area contributed by atoms with E-state index < -0.39 is 0 Å². The molecule has 3 aromatic rings. The molecule has 1 aliphatic heterocycles. The number of hydrogen-bond donors (Lipinski definition) is 0. The second-order valence-corrected chi connectivity index (χ2v) is 8.37. The summed E-state index contributed by atoms with van der Waals surface area (Å²) >= 11 is 0. The van der Waals surface area contributed by atoms with Crippen molar-refractivity contribution >= 4 is 11.8 Å². The van der Waals surface area contributed by atoms with Crippen molar-refractivity contribution in [3.05, 3.63) is 120 Å². The fourth-order valence-corrected chi connectivity index (χ4v) is 5.10. The molecule has 3 aromatic carbocycles. The lowest BCUT2D eigenvalue weighted by Gasteiger charge is -2.32. The van der Waals surface area contributed by atoms with E-state index in [0.29, 0.717) is 13.0 Å². The van der Waals surface area contributed by atoms with E-state index in [1.165, 1.54) is 4.90 Å². The highest BCUT2D eigenvalue weighted by Crippen LogP contribution is 2.49. The van der Waals surface area contributed by atoms with Crippen LogP contribution in [0, 0.1) is 11.8 Å². The Morgan fingerprint density at radius 1 is 0.581 bits per heavy atom. The molecule has 1 heterocycles. The Labute approximate surface area is 183 Å². The van der Waals surface area contributed by atoms with E-state index in [0.717, 1.165) is 16.7 Å². The molecule has 0 radical (unpaired) electrons. The van der Waals surface area contributed by atoms with Gasteiger partial charge >= 0.3 is 0 Å². The van der Waals surface area contributed by atoms with Gasteiger partial charge in [0.15, 0.2) is 0 Å². The van der Waals surface area contributed by atoms with Crippen molar-refractivity contribution in [3.8, 4) is 0 Å². The van der Waals surface area contributed by atoms with Gasteiger partial charge in [0, 0.05) is 18.4 Å². The lowest BCUT2D eigenvalue weighted by Crippen LogP contribution is -2.33.